The number of rotatable bonds is 2. The van der Waals surface area contributed by atoms with E-state index in [2.05, 4.69) is 29.6 Å². The second-order valence-corrected chi connectivity index (χ2v) is 4.32. The van der Waals surface area contributed by atoms with Crippen molar-refractivity contribution in [2.24, 2.45) is 0 Å². The van der Waals surface area contributed by atoms with Crippen molar-refractivity contribution >= 4 is 5.69 Å². The molecule has 0 saturated heterocycles. The van der Waals surface area contributed by atoms with Gasteiger partial charge in [0.15, 0.2) is 0 Å². The van der Waals surface area contributed by atoms with Crippen molar-refractivity contribution in [2.75, 3.05) is 5.32 Å². The first-order valence-corrected chi connectivity index (χ1v) is 5.78. The molecule has 1 aromatic carbocycles. The average molecular weight is 213 g/mol. The Kier molecular flexibility index (Phi) is 2.41. The van der Waals surface area contributed by atoms with Crippen LogP contribution in [0.15, 0.2) is 47.1 Å². The lowest BCUT2D eigenvalue weighted by molar-refractivity contribution is 0.480. The van der Waals surface area contributed by atoms with E-state index in [1.807, 2.05) is 12.1 Å². The molecule has 1 N–H and O–H groups in total. The second kappa shape index (κ2) is 4.05. The second-order valence-electron chi connectivity index (χ2n) is 4.32. The molecule has 0 spiro atoms. The Morgan fingerprint density at radius 2 is 2.12 bits per heavy atom. The number of fused-ring (bicyclic) bond motifs is 1. The zero-order chi connectivity index (χ0) is 10.8. The molecule has 1 aliphatic heterocycles. The van der Waals surface area contributed by atoms with Gasteiger partial charge in [-0.05, 0) is 36.6 Å². The molecule has 1 unspecified atom stereocenters. The van der Waals surface area contributed by atoms with Gasteiger partial charge in [-0.25, -0.2) is 0 Å². The van der Waals surface area contributed by atoms with Crippen molar-refractivity contribution < 1.29 is 4.42 Å². The van der Waals surface area contributed by atoms with Crippen LogP contribution in [0.2, 0.25) is 0 Å². The lowest BCUT2D eigenvalue weighted by Crippen LogP contribution is -2.27. The highest BCUT2D eigenvalue weighted by Crippen LogP contribution is 2.25. The van der Waals surface area contributed by atoms with Crippen LogP contribution in [0.3, 0.4) is 0 Å². The lowest BCUT2D eigenvalue weighted by atomic mass is 9.96. The number of hydrogen-bond acceptors (Lipinski definition) is 2. The molecule has 0 radical (unpaired) electrons. The van der Waals surface area contributed by atoms with Gasteiger partial charge in [0.05, 0.1) is 6.26 Å². The molecular weight excluding hydrogens is 198 g/mol. The number of hydrogen-bond donors (Lipinski definition) is 1. The van der Waals surface area contributed by atoms with Crippen LogP contribution in [0.25, 0.3) is 0 Å². The maximum atomic E-state index is 5.38. The van der Waals surface area contributed by atoms with Crippen molar-refractivity contribution in [3.63, 3.8) is 0 Å². The summed E-state index contributed by atoms with van der Waals surface area (Å²) in [5.74, 6) is 1.07. The molecule has 3 rings (SSSR count). The minimum atomic E-state index is 0.501. The summed E-state index contributed by atoms with van der Waals surface area (Å²) in [7, 11) is 0. The summed E-state index contributed by atoms with van der Waals surface area (Å²) in [5.41, 5.74) is 2.71. The van der Waals surface area contributed by atoms with Crippen molar-refractivity contribution in [1.29, 1.82) is 0 Å². The van der Waals surface area contributed by atoms with E-state index in [1.54, 1.807) is 6.26 Å². The SMILES string of the molecule is c1coc(CC2CCc3ccccc3N2)c1. The molecule has 1 atom stereocenters. The molecule has 0 amide bonds. The largest absolute Gasteiger partial charge is 0.469 e. The van der Waals surface area contributed by atoms with Gasteiger partial charge < -0.3 is 9.73 Å². The van der Waals surface area contributed by atoms with Crippen LogP contribution in [-0.2, 0) is 12.8 Å². The molecule has 2 nitrogen and oxygen atoms in total. The molecule has 2 aromatic rings. The summed E-state index contributed by atoms with van der Waals surface area (Å²) in [6.45, 7) is 0. The van der Waals surface area contributed by atoms with E-state index in [0.29, 0.717) is 6.04 Å². The fraction of sp³-hybridized carbons (Fsp3) is 0.286. The zero-order valence-electron chi connectivity index (χ0n) is 9.15. The predicted octanol–water partition coefficient (Wildman–Crippen LogP) is 3.25. The molecule has 0 aliphatic carbocycles. The third-order valence-corrected chi connectivity index (χ3v) is 3.17. The van der Waals surface area contributed by atoms with Gasteiger partial charge in [-0.15, -0.1) is 0 Å². The average Bonchev–Trinajstić information content (AvgIpc) is 2.82. The highest BCUT2D eigenvalue weighted by atomic mass is 16.3. The van der Waals surface area contributed by atoms with E-state index < -0.39 is 0 Å². The maximum Gasteiger partial charge on any atom is 0.105 e. The third-order valence-electron chi connectivity index (χ3n) is 3.17. The van der Waals surface area contributed by atoms with Crippen molar-refractivity contribution in [3.8, 4) is 0 Å². The summed E-state index contributed by atoms with van der Waals surface area (Å²) < 4.78 is 5.38. The maximum absolute atomic E-state index is 5.38. The van der Waals surface area contributed by atoms with E-state index in [0.717, 1.165) is 18.6 Å². The Bertz CT molecular complexity index is 461. The predicted molar refractivity (Wildman–Crippen MR) is 64.6 cm³/mol. The molecule has 82 valence electrons. The molecule has 0 fully saturated rings. The van der Waals surface area contributed by atoms with E-state index in [1.165, 1.54) is 17.7 Å². The Morgan fingerprint density at radius 1 is 1.19 bits per heavy atom. The molecule has 2 heterocycles. The van der Waals surface area contributed by atoms with Crippen LogP contribution in [0.5, 0.6) is 0 Å². The van der Waals surface area contributed by atoms with Crippen LogP contribution in [-0.4, -0.2) is 6.04 Å². The van der Waals surface area contributed by atoms with Crippen LogP contribution in [0, 0.1) is 0 Å². The number of aryl methyl sites for hydroxylation is 1. The highest BCUT2D eigenvalue weighted by Gasteiger charge is 2.18. The summed E-state index contributed by atoms with van der Waals surface area (Å²) in [6.07, 6.45) is 5.06. The Balaban J connectivity index is 1.73. The van der Waals surface area contributed by atoms with Crippen molar-refractivity contribution in [3.05, 3.63) is 54.0 Å². The van der Waals surface area contributed by atoms with Crippen LogP contribution < -0.4 is 5.32 Å². The van der Waals surface area contributed by atoms with Gasteiger partial charge in [0.25, 0.3) is 0 Å². The summed E-state index contributed by atoms with van der Waals surface area (Å²) in [4.78, 5) is 0. The van der Waals surface area contributed by atoms with E-state index in [-0.39, 0.29) is 0 Å². The number of para-hydroxylation sites is 1. The van der Waals surface area contributed by atoms with E-state index >= 15 is 0 Å². The van der Waals surface area contributed by atoms with Gasteiger partial charge in [-0.1, -0.05) is 18.2 Å². The van der Waals surface area contributed by atoms with Gasteiger partial charge in [0.1, 0.15) is 5.76 Å². The first-order chi connectivity index (χ1) is 7.92. The van der Waals surface area contributed by atoms with Gasteiger partial charge in [-0.3, -0.25) is 0 Å². The van der Waals surface area contributed by atoms with E-state index in [4.69, 9.17) is 4.42 Å². The minimum Gasteiger partial charge on any atom is -0.469 e. The topological polar surface area (TPSA) is 25.2 Å². The molecule has 2 heteroatoms. The number of benzene rings is 1. The Labute approximate surface area is 95.3 Å². The highest BCUT2D eigenvalue weighted by molar-refractivity contribution is 5.53. The molecule has 0 bridgehead atoms. The van der Waals surface area contributed by atoms with Gasteiger partial charge in [0.2, 0.25) is 0 Å². The first kappa shape index (κ1) is 9.52. The van der Waals surface area contributed by atoms with E-state index in [9.17, 15) is 0 Å². The van der Waals surface area contributed by atoms with Crippen LogP contribution >= 0.6 is 0 Å². The van der Waals surface area contributed by atoms with Crippen LogP contribution in [0.1, 0.15) is 17.7 Å². The molecule has 1 aliphatic rings. The van der Waals surface area contributed by atoms with Crippen molar-refractivity contribution in [1.82, 2.24) is 0 Å². The third kappa shape index (κ3) is 1.83. The number of furan rings is 1. The molecule has 0 saturated carbocycles. The summed E-state index contributed by atoms with van der Waals surface area (Å²) in [5, 5.41) is 3.58. The first-order valence-electron chi connectivity index (χ1n) is 5.78. The number of nitrogens with one attached hydrogen (secondary N) is 1. The zero-order valence-corrected chi connectivity index (χ0v) is 9.15. The normalized spacial score (nSPS) is 18.9. The lowest BCUT2D eigenvalue weighted by Gasteiger charge is -2.26. The Morgan fingerprint density at radius 3 is 3.00 bits per heavy atom. The quantitative estimate of drug-likeness (QED) is 0.828. The summed E-state index contributed by atoms with van der Waals surface area (Å²) >= 11 is 0. The standard InChI is InChI=1S/C14H15NO/c1-2-6-14-11(4-1)7-8-12(15-14)10-13-5-3-9-16-13/h1-6,9,12,15H,7-8,10H2. The molecular formula is C14H15NO. The number of anilines is 1. The molecule has 1 aromatic heterocycles. The van der Waals surface area contributed by atoms with Gasteiger partial charge in [0, 0.05) is 18.2 Å². The molecule has 16 heavy (non-hydrogen) atoms. The Hall–Kier alpha value is -1.70. The monoisotopic (exact) mass is 213 g/mol. The van der Waals surface area contributed by atoms with Gasteiger partial charge >= 0.3 is 0 Å². The summed E-state index contributed by atoms with van der Waals surface area (Å²) in [6, 6.07) is 13.0. The minimum absolute atomic E-state index is 0.501. The smallest absolute Gasteiger partial charge is 0.105 e. The van der Waals surface area contributed by atoms with Crippen molar-refractivity contribution in [2.45, 2.75) is 25.3 Å². The fourth-order valence-electron chi connectivity index (χ4n) is 2.33. The fourth-order valence-corrected chi connectivity index (χ4v) is 2.33. The van der Waals surface area contributed by atoms with Crippen LogP contribution in [0.4, 0.5) is 5.69 Å². The van der Waals surface area contributed by atoms with Gasteiger partial charge in [-0.2, -0.15) is 0 Å².